The van der Waals surface area contributed by atoms with Gasteiger partial charge in [-0.2, -0.15) is 0 Å². The maximum Gasteiger partial charge on any atom is 0.221 e. The summed E-state index contributed by atoms with van der Waals surface area (Å²) in [5, 5.41) is 5.81. The summed E-state index contributed by atoms with van der Waals surface area (Å²) in [6.07, 6.45) is 4.18. The number of hydrogen-bond acceptors (Lipinski definition) is 3. The van der Waals surface area contributed by atoms with Gasteiger partial charge in [-0.25, -0.2) is 0 Å². The lowest BCUT2D eigenvalue weighted by atomic mass is 10.0. The summed E-state index contributed by atoms with van der Waals surface area (Å²) in [5.74, 6) is -0.101. The second-order valence-electron chi connectivity index (χ2n) is 3.56. The predicted molar refractivity (Wildman–Crippen MR) is 66.1 cm³/mol. The number of amides is 1. The number of nitrogens with zero attached hydrogens (tertiary/aromatic N) is 1. The highest BCUT2D eigenvalue weighted by Crippen LogP contribution is 2.23. The molecule has 1 aromatic heterocycles. The summed E-state index contributed by atoms with van der Waals surface area (Å²) in [5.41, 5.74) is 2.65. The molecule has 0 aliphatic carbocycles. The van der Waals surface area contributed by atoms with E-state index in [1.54, 1.807) is 12.4 Å². The number of nitrogens with one attached hydrogen (secondary N) is 2. The third-order valence-corrected chi connectivity index (χ3v) is 2.19. The van der Waals surface area contributed by atoms with Crippen LogP contribution >= 0.6 is 0 Å². The lowest BCUT2D eigenvalue weighted by Crippen LogP contribution is -2.10. The lowest BCUT2D eigenvalue weighted by Gasteiger charge is -2.11. The summed E-state index contributed by atoms with van der Waals surface area (Å²) in [7, 11) is 1.90. The number of aromatic nitrogens is 1. The Morgan fingerprint density at radius 1 is 1.56 bits per heavy atom. The van der Waals surface area contributed by atoms with Crippen LogP contribution in [0, 0.1) is 0 Å². The summed E-state index contributed by atoms with van der Waals surface area (Å²) < 4.78 is 0. The van der Waals surface area contributed by atoms with E-state index in [0.717, 1.165) is 29.8 Å². The van der Waals surface area contributed by atoms with Gasteiger partial charge >= 0.3 is 0 Å². The van der Waals surface area contributed by atoms with Crippen LogP contribution in [-0.2, 0) is 4.79 Å². The van der Waals surface area contributed by atoms with Crippen LogP contribution in [0.1, 0.15) is 18.9 Å². The molecule has 86 valence electrons. The lowest BCUT2D eigenvalue weighted by molar-refractivity contribution is -0.114. The molecule has 1 heterocycles. The molecule has 2 N–H and O–H groups in total. The van der Waals surface area contributed by atoms with E-state index in [4.69, 9.17) is 0 Å². The Morgan fingerprint density at radius 3 is 2.94 bits per heavy atom. The van der Waals surface area contributed by atoms with Crippen LogP contribution in [0.4, 0.5) is 5.69 Å². The summed E-state index contributed by atoms with van der Waals surface area (Å²) >= 11 is 0. The molecule has 1 rings (SSSR count). The maximum atomic E-state index is 11.0. The molecule has 0 aliphatic rings. The van der Waals surface area contributed by atoms with Gasteiger partial charge in [0, 0.05) is 18.7 Å². The molecular formula is C12H17N3O. The van der Waals surface area contributed by atoms with Crippen molar-refractivity contribution in [3.05, 3.63) is 30.6 Å². The molecule has 0 radical (unpaired) electrons. The van der Waals surface area contributed by atoms with Crippen molar-refractivity contribution >= 4 is 17.2 Å². The molecule has 0 saturated heterocycles. The topological polar surface area (TPSA) is 54.0 Å². The minimum atomic E-state index is -0.101. The molecule has 0 atom stereocenters. The van der Waals surface area contributed by atoms with Crippen molar-refractivity contribution in [2.45, 2.75) is 13.3 Å². The van der Waals surface area contributed by atoms with E-state index in [1.807, 2.05) is 13.1 Å². The van der Waals surface area contributed by atoms with Crippen molar-refractivity contribution in [1.29, 1.82) is 0 Å². The van der Waals surface area contributed by atoms with Gasteiger partial charge in [0.2, 0.25) is 5.91 Å². The Morgan fingerprint density at radius 2 is 2.31 bits per heavy atom. The fraction of sp³-hybridized carbons (Fsp3) is 0.333. The van der Waals surface area contributed by atoms with Gasteiger partial charge in [0.05, 0.1) is 11.9 Å². The highest BCUT2D eigenvalue weighted by atomic mass is 16.1. The van der Waals surface area contributed by atoms with Gasteiger partial charge in [-0.05, 0) is 31.7 Å². The molecule has 16 heavy (non-hydrogen) atoms. The zero-order chi connectivity index (χ0) is 12.0. The Labute approximate surface area is 95.8 Å². The van der Waals surface area contributed by atoms with Crippen molar-refractivity contribution in [3.63, 3.8) is 0 Å². The Balaban J connectivity index is 2.85. The van der Waals surface area contributed by atoms with Crippen LogP contribution in [0.2, 0.25) is 0 Å². The fourth-order valence-electron chi connectivity index (χ4n) is 1.40. The SMILES string of the molecule is C=C(CCNC)c1ccncc1NC(C)=O. The summed E-state index contributed by atoms with van der Waals surface area (Å²) in [4.78, 5) is 15.0. The second-order valence-corrected chi connectivity index (χ2v) is 3.56. The van der Waals surface area contributed by atoms with Crippen LogP contribution in [-0.4, -0.2) is 24.5 Å². The average Bonchev–Trinajstić information content (AvgIpc) is 2.26. The molecule has 0 unspecified atom stereocenters. The average molecular weight is 219 g/mol. The van der Waals surface area contributed by atoms with E-state index in [0.29, 0.717) is 0 Å². The number of pyridine rings is 1. The van der Waals surface area contributed by atoms with Crippen molar-refractivity contribution in [3.8, 4) is 0 Å². The molecule has 0 bridgehead atoms. The molecule has 0 fully saturated rings. The van der Waals surface area contributed by atoms with Crippen LogP contribution in [0.25, 0.3) is 5.57 Å². The van der Waals surface area contributed by atoms with Gasteiger partial charge in [0.15, 0.2) is 0 Å². The van der Waals surface area contributed by atoms with Crippen molar-refractivity contribution in [2.24, 2.45) is 0 Å². The van der Waals surface area contributed by atoms with Gasteiger partial charge in [0.1, 0.15) is 0 Å². The first-order chi connectivity index (χ1) is 7.65. The maximum absolute atomic E-state index is 11.0. The molecule has 1 aromatic rings. The number of anilines is 1. The monoisotopic (exact) mass is 219 g/mol. The summed E-state index contributed by atoms with van der Waals surface area (Å²) in [6, 6.07) is 1.86. The Bertz CT molecular complexity index is 388. The zero-order valence-electron chi connectivity index (χ0n) is 9.71. The largest absolute Gasteiger partial charge is 0.324 e. The normalized spacial score (nSPS) is 9.88. The predicted octanol–water partition coefficient (Wildman–Crippen LogP) is 1.66. The van der Waals surface area contributed by atoms with Crippen molar-refractivity contribution in [1.82, 2.24) is 10.3 Å². The fourth-order valence-corrected chi connectivity index (χ4v) is 1.40. The molecule has 0 spiro atoms. The van der Waals surface area contributed by atoms with Crippen molar-refractivity contribution < 1.29 is 4.79 Å². The molecular weight excluding hydrogens is 202 g/mol. The minimum absolute atomic E-state index is 0.101. The molecule has 0 aromatic carbocycles. The molecule has 4 heteroatoms. The second kappa shape index (κ2) is 6.02. The molecule has 1 amide bonds. The number of carbonyl (C=O) groups is 1. The van der Waals surface area contributed by atoms with E-state index >= 15 is 0 Å². The van der Waals surface area contributed by atoms with E-state index < -0.39 is 0 Å². The van der Waals surface area contributed by atoms with Crippen molar-refractivity contribution in [2.75, 3.05) is 18.9 Å². The highest BCUT2D eigenvalue weighted by Gasteiger charge is 2.06. The van der Waals surface area contributed by atoms with Gasteiger partial charge in [-0.3, -0.25) is 9.78 Å². The molecule has 0 saturated carbocycles. The standard InChI is InChI=1S/C12H17N3O/c1-9(4-6-13-3)11-5-7-14-8-12(11)15-10(2)16/h5,7-8,13H,1,4,6H2,2-3H3,(H,15,16). The molecule has 0 aliphatic heterocycles. The first-order valence-electron chi connectivity index (χ1n) is 5.19. The Kier molecular flexibility index (Phi) is 4.66. The van der Waals surface area contributed by atoms with Gasteiger partial charge in [-0.1, -0.05) is 6.58 Å². The van der Waals surface area contributed by atoms with Gasteiger partial charge < -0.3 is 10.6 Å². The van der Waals surface area contributed by atoms with Gasteiger partial charge in [-0.15, -0.1) is 0 Å². The zero-order valence-corrected chi connectivity index (χ0v) is 9.71. The number of hydrogen-bond donors (Lipinski definition) is 2. The summed E-state index contributed by atoms with van der Waals surface area (Å²) in [6.45, 7) is 6.35. The van der Waals surface area contributed by atoms with Crippen LogP contribution in [0.5, 0.6) is 0 Å². The van der Waals surface area contributed by atoms with E-state index in [-0.39, 0.29) is 5.91 Å². The molecule has 4 nitrogen and oxygen atoms in total. The Hall–Kier alpha value is -1.68. The van der Waals surface area contributed by atoms with E-state index in [2.05, 4.69) is 22.2 Å². The van der Waals surface area contributed by atoms with Gasteiger partial charge in [0.25, 0.3) is 0 Å². The number of rotatable bonds is 5. The minimum Gasteiger partial charge on any atom is -0.324 e. The van der Waals surface area contributed by atoms with E-state index in [9.17, 15) is 4.79 Å². The smallest absolute Gasteiger partial charge is 0.221 e. The van der Waals surface area contributed by atoms with Crippen LogP contribution < -0.4 is 10.6 Å². The quantitative estimate of drug-likeness (QED) is 0.792. The first-order valence-corrected chi connectivity index (χ1v) is 5.19. The van der Waals surface area contributed by atoms with E-state index in [1.165, 1.54) is 6.92 Å². The highest BCUT2D eigenvalue weighted by molar-refractivity contribution is 5.92. The third kappa shape index (κ3) is 3.47. The van der Waals surface area contributed by atoms with Crippen LogP contribution in [0.3, 0.4) is 0 Å². The number of carbonyl (C=O) groups excluding carboxylic acids is 1. The first kappa shape index (κ1) is 12.4. The van der Waals surface area contributed by atoms with Crippen LogP contribution in [0.15, 0.2) is 25.0 Å². The third-order valence-electron chi connectivity index (χ3n) is 2.19.